The Kier molecular flexibility index (Phi) is 5.85. The molecule has 0 bridgehead atoms. The molecule has 1 aliphatic heterocycles. The van der Waals surface area contributed by atoms with E-state index in [1.807, 2.05) is 31.2 Å². The lowest BCUT2D eigenvalue weighted by Gasteiger charge is -2.28. The third-order valence-corrected chi connectivity index (χ3v) is 6.42. The zero-order valence-electron chi connectivity index (χ0n) is 18.0. The van der Waals surface area contributed by atoms with Gasteiger partial charge in [0.05, 0.1) is 24.3 Å². The molecule has 1 saturated heterocycles. The summed E-state index contributed by atoms with van der Waals surface area (Å²) in [6.07, 6.45) is 5.12. The van der Waals surface area contributed by atoms with Gasteiger partial charge in [0.15, 0.2) is 10.9 Å². The number of ether oxygens (including phenoxy) is 1. The minimum Gasteiger partial charge on any atom is -0.495 e. The molecule has 1 fully saturated rings. The molecule has 0 radical (unpaired) electrons. The van der Waals surface area contributed by atoms with Crippen LogP contribution >= 0.6 is 11.8 Å². The van der Waals surface area contributed by atoms with Crippen LogP contribution in [0.2, 0.25) is 0 Å². The van der Waals surface area contributed by atoms with Gasteiger partial charge < -0.3 is 18.6 Å². The van der Waals surface area contributed by atoms with Gasteiger partial charge in [-0.2, -0.15) is 4.98 Å². The van der Waals surface area contributed by atoms with Crippen molar-refractivity contribution < 1.29 is 13.7 Å². The molecule has 32 heavy (non-hydrogen) atoms. The number of para-hydroxylation sites is 2. The van der Waals surface area contributed by atoms with E-state index in [9.17, 15) is 0 Å². The summed E-state index contributed by atoms with van der Waals surface area (Å²) in [6.45, 7) is 3.93. The second-order valence-electron chi connectivity index (χ2n) is 7.53. The van der Waals surface area contributed by atoms with Gasteiger partial charge in [-0.25, -0.2) is 0 Å². The number of furan rings is 1. The van der Waals surface area contributed by atoms with Crippen LogP contribution in [0.15, 0.2) is 56.8 Å². The SMILES string of the molecule is COc1ccccc1-n1c(S[C@H](C)c2nc(-c3ccco3)no2)nnc1N1CCCCC1. The highest BCUT2D eigenvalue weighted by molar-refractivity contribution is 7.99. The predicted molar refractivity (Wildman–Crippen MR) is 120 cm³/mol. The summed E-state index contributed by atoms with van der Waals surface area (Å²) in [7, 11) is 1.67. The lowest BCUT2D eigenvalue weighted by Crippen LogP contribution is -2.31. The smallest absolute Gasteiger partial charge is 0.240 e. The molecule has 9 nitrogen and oxygen atoms in total. The summed E-state index contributed by atoms with van der Waals surface area (Å²) in [5, 5.41) is 13.7. The third kappa shape index (κ3) is 3.97. The average molecular weight is 453 g/mol. The molecule has 1 atom stereocenters. The van der Waals surface area contributed by atoms with E-state index in [0.717, 1.165) is 48.5 Å². The Labute approximate surface area is 189 Å². The first-order valence-corrected chi connectivity index (χ1v) is 11.5. The van der Waals surface area contributed by atoms with Crippen molar-refractivity contribution in [3.63, 3.8) is 0 Å². The number of thioether (sulfide) groups is 1. The van der Waals surface area contributed by atoms with Gasteiger partial charge in [0.25, 0.3) is 0 Å². The number of piperidine rings is 1. The van der Waals surface area contributed by atoms with Crippen molar-refractivity contribution >= 4 is 17.7 Å². The molecule has 0 N–H and O–H groups in total. The molecule has 1 aromatic carbocycles. The lowest BCUT2D eigenvalue weighted by molar-refractivity contribution is 0.379. The highest BCUT2D eigenvalue weighted by Gasteiger charge is 2.26. The lowest BCUT2D eigenvalue weighted by atomic mass is 10.1. The number of hydrogen-bond acceptors (Lipinski definition) is 9. The summed E-state index contributed by atoms with van der Waals surface area (Å²) >= 11 is 1.51. The van der Waals surface area contributed by atoms with Crippen LogP contribution in [0, 0.1) is 0 Å². The van der Waals surface area contributed by atoms with Gasteiger partial charge in [-0.1, -0.05) is 29.1 Å². The normalized spacial score (nSPS) is 15.1. The van der Waals surface area contributed by atoms with Crippen molar-refractivity contribution in [2.24, 2.45) is 0 Å². The number of hydrogen-bond donors (Lipinski definition) is 0. The number of methoxy groups -OCH3 is 1. The van der Waals surface area contributed by atoms with E-state index in [2.05, 4.69) is 29.8 Å². The largest absolute Gasteiger partial charge is 0.495 e. The Hall–Kier alpha value is -3.27. The molecule has 0 unspecified atom stereocenters. The molecule has 0 amide bonds. The molecule has 166 valence electrons. The monoisotopic (exact) mass is 452 g/mol. The number of anilines is 1. The predicted octanol–water partition coefficient (Wildman–Crippen LogP) is 4.76. The Balaban J connectivity index is 1.49. The van der Waals surface area contributed by atoms with Crippen LogP contribution in [0.5, 0.6) is 5.75 Å². The van der Waals surface area contributed by atoms with Crippen molar-refractivity contribution in [2.75, 3.05) is 25.1 Å². The molecule has 5 rings (SSSR count). The van der Waals surface area contributed by atoms with Crippen molar-refractivity contribution in [2.45, 2.75) is 36.6 Å². The second-order valence-corrected chi connectivity index (χ2v) is 8.84. The van der Waals surface area contributed by atoms with E-state index in [1.54, 1.807) is 25.5 Å². The summed E-state index contributed by atoms with van der Waals surface area (Å²) in [5.41, 5.74) is 0.900. The first-order chi connectivity index (χ1) is 15.7. The molecule has 0 aliphatic carbocycles. The average Bonchev–Trinajstić information content (AvgIpc) is 3.60. The Morgan fingerprint density at radius 1 is 1.06 bits per heavy atom. The van der Waals surface area contributed by atoms with Crippen LogP contribution in [0.3, 0.4) is 0 Å². The summed E-state index contributed by atoms with van der Waals surface area (Å²) in [5.74, 6) is 3.08. The maximum atomic E-state index is 5.65. The van der Waals surface area contributed by atoms with Gasteiger partial charge in [-0.05, 0) is 50.5 Å². The zero-order chi connectivity index (χ0) is 21.9. The zero-order valence-corrected chi connectivity index (χ0v) is 18.8. The fourth-order valence-corrected chi connectivity index (χ4v) is 4.66. The number of benzene rings is 1. The highest BCUT2D eigenvalue weighted by atomic mass is 32.2. The first kappa shape index (κ1) is 20.6. The highest BCUT2D eigenvalue weighted by Crippen LogP contribution is 2.38. The summed E-state index contributed by atoms with van der Waals surface area (Å²) < 4.78 is 18.6. The Bertz CT molecular complexity index is 1170. The molecule has 4 aromatic rings. The first-order valence-electron chi connectivity index (χ1n) is 10.6. The van der Waals surface area contributed by atoms with E-state index in [1.165, 1.54) is 18.2 Å². The van der Waals surface area contributed by atoms with Crippen LogP contribution in [0.1, 0.15) is 37.3 Å². The molecule has 0 saturated carbocycles. The quantitative estimate of drug-likeness (QED) is 0.368. The van der Waals surface area contributed by atoms with E-state index >= 15 is 0 Å². The fraction of sp³-hybridized carbons (Fsp3) is 0.364. The molecule has 10 heteroatoms. The van der Waals surface area contributed by atoms with Gasteiger partial charge in [-0.15, -0.1) is 10.2 Å². The Morgan fingerprint density at radius 2 is 1.91 bits per heavy atom. The number of nitrogens with zero attached hydrogens (tertiary/aromatic N) is 6. The fourth-order valence-electron chi connectivity index (χ4n) is 3.78. The van der Waals surface area contributed by atoms with Crippen molar-refractivity contribution in [1.29, 1.82) is 0 Å². The minimum absolute atomic E-state index is 0.141. The van der Waals surface area contributed by atoms with Crippen LogP contribution < -0.4 is 9.64 Å². The summed E-state index contributed by atoms with van der Waals surface area (Å²) in [6, 6.07) is 11.5. The van der Waals surface area contributed by atoms with Crippen LogP contribution in [-0.4, -0.2) is 45.1 Å². The topological polar surface area (TPSA) is 95.2 Å². The number of aromatic nitrogens is 5. The van der Waals surface area contributed by atoms with Crippen LogP contribution in [0.25, 0.3) is 17.3 Å². The van der Waals surface area contributed by atoms with Gasteiger partial charge in [0, 0.05) is 13.1 Å². The second kappa shape index (κ2) is 9.07. The maximum absolute atomic E-state index is 5.65. The van der Waals surface area contributed by atoms with E-state index in [4.69, 9.17) is 13.7 Å². The minimum atomic E-state index is -0.141. The third-order valence-electron chi connectivity index (χ3n) is 5.39. The molecule has 3 aromatic heterocycles. The van der Waals surface area contributed by atoms with E-state index in [0.29, 0.717) is 17.5 Å². The maximum Gasteiger partial charge on any atom is 0.240 e. The van der Waals surface area contributed by atoms with E-state index < -0.39 is 0 Å². The van der Waals surface area contributed by atoms with Gasteiger partial charge in [0.1, 0.15) is 5.75 Å². The van der Waals surface area contributed by atoms with Gasteiger partial charge >= 0.3 is 0 Å². The molecular formula is C22H24N6O3S. The molecule has 4 heterocycles. The van der Waals surface area contributed by atoms with Crippen LogP contribution in [0.4, 0.5) is 5.95 Å². The van der Waals surface area contributed by atoms with Crippen LogP contribution in [-0.2, 0) is 0 Å². The Morgan fingerprint density at radius 3 is 2.69 bits per heavy atom. The van der Waals surface area contributed by atoms with Crippen molar-refractivity contribution in [3.8, 4) is 23.0 Å². The molecular weight excluding hydrogens is 428 g/mol. The number of rotatable bonds is 7. The van der Waals surface area contributed by atoms with Crippen molar-refractivity contribution in [3.05, 3.63) is 48.6 Å². The molecule has 0 spiro atoms. The standard InChI is InChI=1S/C22H24N6O3S/c1-15(20-23-19(26-31-20)18-11-8-14-30-18)32-22-25-24-21(27-12-6-3-7-13-27)28(22)16-9-4-5-10-17(16)29-2/h4-5,8-11,14-15H,3,6-7,12-13H2,1-2H3/t15-/m1/s1. The van der Waals surface area contributed by atoms with Gasteiger partial charge in [-0.3, -0.25) is 4.57 Å². The van der Waals surface area contributed by atoms with E-state index in [-0.39, 0.29) is 5.25 Å². The van der Waals surface area contributed by atoms with Crippen molar-refractivity contribution in [1.82, 2.24) is 24.9 Å². The summed E-state index contributed by atoms with van der Waals surface area (Å²) in [4.78, 5) is 6.79. The van der Waals surface area contributed by atoms with Gasteiger partial charge in [0.2, 0.25) is 17.7 Å². The molecule has 1 aliphatic rings.